The van der Waals surface area contributed by atoms with E-state index in [0.29, 0.717) is 37.9 Å². The first-order chi connectivity index (χ1) is 9.75. The lowest BCUT2D eigenvalue weighted by molar-refractivity contribution is -0.0946. The maximum atomic E-state index is 6.11. The summed E-state index contributed by atoms with van der Waals surface area (Å²) in [6, 6.07) is 5.83. The molecule has 1 unspecified atom stereocenters. The Labute approximate surface area is 116 Å². The Morgan fingerprint density at radius 1 is 1.40 bits per heavy atom. The van der Waals surface area contributed by atoms with E-state index >= 15 is 0 Å². The molecule has 0 spiro atoms. The van der Waals surface area contributed by atoms with Crippen molar-refractivity contribution in [3.8, 4) is 11.4 Å². The third kappa shape index (κ3) is 2.50. The van der Waals surface area contributed by atoms with Crippen LogP contribution >= 0.6 is 0 Å². The molecular formula is C13H17N5O2. The van der Waals surface area contributed by atoms with Gasteiger partial charge in [0, 0.05) is 11.3 Å². The molecule has 2 heterocycles. The number of hydrogen-bond donors (Lipinski definition) is 1. The van der Waals surface area contributed by atoms with E-state index in [0.717, 1.165) is 11.1 Å². The standard InChI is InChI=1S/C13H17N5O2/c1-9-3-2-4-11(12(9)14)13-15-16-17-18(13)7-10-8-19-5-6-20-10/h2-4,10H,5-8,14H2,1H3. The highest BCUT2D eigenvalue weighted by Crippen LogP contribution is 2.26. The molecule has 1 aliphatic rings. The van der Waals surface area contributed by atoms with Crippen molar-refractivity contribution in [2.75, 3.05) is 25.6 Å². The number of aryl methyl sites for hydroxylation is 1. The van der Waals surface area contributed by atoms with E-state index in [2.05, 4.69) is 15.5 Å². The molecule has 2 N–H and O–H groups in total. The smallest absolute Gasteiger partial charge is 0.184 e. The predicted octanol–water partition coefficient (Wildman–Crippen LogP) is 0.646. The van der Waals surface area contributed by atoms with Gasteiger partial charge in [0.05, 0.1) is 26.4 Å². The number of ether oxygens (including phenoxy) is 2. The van der Waals surface area contributed by atoms with Crippen LogP contribution in [0.15, 0.2) is 18.2 Å². The number of benzene rings is 1. The molecule has 1 saturated heterocycles. The number of rotatable bonds is 3. The third-order valence-electron chi connectivity index (χ3n) is 3.36. The molecule has 1 atom stereocenters. The molecule has 0 radical (unpaired) electrons. The molecule has 1 aromatic heterocycles. The Kier molecular flexibility index (Phi) is 3.62. The zero-order chi connectivity index (χ0) is 13.9. The molecule has 7 nitrogen and oxygen atoms in total. The maximum Gasteiger partial charge on any atom is 0.184 e. The highest BCUT2D eigenvalue weighted by molar-refractivity contribution is 5.73. The van der Waals surface area contributed by atoms with Crippen LogP contribution in [-0.2, 0) is 16.0 Å². The van der Waals surface area contributed by atoms with Crippen molar-refractivity contribution in [3.63, 3.8) is 0 Å². The van der Waals surface area contributed by atoms with Gasteiger partial charge in [-0.3, -0.25) is 0 Å². The lowest BCUT2D eigenvalue weighted by Gasteiger charge is -2.23. The fourth-order valence-electron chi connectivity index (χ4n) is 2.23. The summed E-state index contributed by atoms with van der Waals surface area (Å²) >= 11 is 0. The van der Waals surface area contributed by atoms with Crippen LogP contribution in [-0.4, -0.2) is 46.1 Å². The van der Waals surface area contributed by atoms with E-state index in [9.17, 15) is 0 Å². The molecule has 1 fully saturated rings. The molecule has 0 saturated carbocycles. The summed E-state index contributed by atoms with van der Waals surface area (Å²) in [5.41, 5.74) is 8.66. The van der Waals surface area contributed by atoms with Crippen molar-refractivity contribution in [1.29, 1.82) is 0 Å². The SMILES string of the molecule is Cc1cccc(-c2nnnn2CC2COCCO2)c1N. The van der Waals surface area contributed by atoms with Crippen LogP contribution < -0.4 is 5.73 Å². The zero-order valence-electron chi connectivity index (χ0n) is 11.3. The van der Waals surface area contributed by atoms with Crippen LogP contribution in [0.25, 0.3) is 11.4 Å². The van der Waals surface area contributed by atoms with Gasteiger partial charge in [-0.25, -0.2) is 4.68 Å². The first-order valence-corrected chi connectivity index (χ1v) is 6.56. The van der Waals surface area contributed by atoms with Crippen LogP contribution in [0.1, 0.15) is 5.56 Å². The van der Waals surface area contributed by atoms with E-state index < -0.39 is 0 Å². The molecule has 7 heteroatoms. The summed E-state index contributed by atoms with van der Waals surface area (Å²) in [7, 11) is 0. The van der Waals surface area contributed by atoms with Crippen molar-refractivity contribution in [3.05, 3.63) is 23.8 Å². The van der Waals surface area contributed by atoms with Gasteiger partial charge in [0.15, 0.2) is 5.82 Å². The Bertz CT molecular complexity index is 592. The average molecular weight is 275 g/mol. The summed E-state index contributed by atoms with van der Waals surface area (Å²) in [6.07, 6.45) is -0.0305. The molecule has 3 rings (SSSR count). The van der Waals surface area contributed by atoms with Crippen LogP contribution in [0, 0.1) is 6.92 Å². The van der Waals surface area contributed by atoms with Crippen molar-refractivity contribution in [2.45, 2.75) is 19.6 Å². The fourth-order valence-corrected chi connectivity index (χ4v) is 2.23. The summed E-state index contributed by atoms with van der Waals surface area (Å²) in [5, 5.41) is 11.8. The molecular weight excluding hydrogens is 258 g/mol. The molecule has 1 aliphatic heterocycles. The Morgan fingerprint density at radius 2 is 2.30 bits per heavy atom. The summed E-state index contributed by atoms with van der Waals surface area (Å²) in [4.78, 5) is 0. The maximum absolute atomic E-state index is 6.11. The van der Waals surface area contributed by atoms with Gasteiger partial charge in [-0.05, 0) is 29.0 Å². The van der Waals surface area contributed by atoms with Gasteiger partial charge in [0.1, 0.15) is 6.10 Å². The highest BCUT2D eigenvalue weighted by Gasteiger charge is 2.19. The minimum atomic E-state index is -0.0305. The minimum Gasteiger partial charge on any atom is -0.398 e. The second-order valence-electron chi connectivity index (χ2n) is 4.79. The lowest BCUT2D eigenvalue weighted by Crippen LogP contribution is -2.32. The molecule has 106 valence electrons. The van der Waals surface area contributed by atoms with Gasteiger partial charge in [0.25, 0.3) is 0 Å². The topological polar surface area (TPSA) is 88.1 Å². The zero-order valence-corrected chi connectivity index (χ0v) is 11.3. The molecule has 1 aromatic carbocycles. The number of tetrazole rings is 1. The van der Waals surface area contributed by atoms with Gasteiger partial charge >= 0.3 is 0 Å². The van der Waals surface area contributed by atoms with Crippen molar-refractivity contribution in [2.24, 2.45) is 0 Å². The van der Waals surface area contributed by atoms with Crippen LogP contribution in [0.3, 0.4) is 0 Å². The number of nitrogens with two attached hydrogens (primary N) is 1. The highest BCUT2D eigenvalue weighted by atomic mass is 16.6. The summed E-state index contributed by atoms with van der Waals surface area (Å²) in [5.74, 6) is 0.653. The van der Waals surface area contributed by atoms with Gasteiger partial charge in [-0.15, -0.1) is 5.10 Å². The van der Waals surface area contributed by atoms with Crippen molar-refractivity contribution in [1.82, 2.24) is 20.2 Å². The summed E-state index contributed by atoms with van der Waals surface area (Å²) < 4.78 is 12.7. The number of hydrogen-bond acceptors (Lipinski definition) is 6. The quantitative estimate of drug-likeness (QED) is 0.827. The van der Waals surface area contributed by atoms with E-state index in [1.807, 2.05) is 25.1 Å². The van der Waals surface area contributed by atoms with E-state index in [-0.39, 0.29) is 6.10 Å². The lowest BCUT2D eigenvalue weighted by atomic mass is 10.1. The fraction of sp³-hybridized carbons (Fsp3) is 0.462. The first-order valence-electron chi connectivity index (χ1n) is 6.56. The van der Waals surface area contributed by atoms with Gasteiger partial charge in [-0.1, -0.05) is 12.1 Å². The van der Waals surface area contributed by atoms with E-state index in [1.165, 1.54) is 0 Å². The first kappa shape index (κ1) is 13.0. The van der Waals surface area contributed by atoms with Crippen molar-refractivity contribution >= 4 is 5.69 Å². The van der Waals surface area contributed by atoms with Gasteiger partial charge < -0.3 is 15.2 Å². The Balaban J connectivity index is 1.87. The number of nitrogens with zero attached hydrogens (tertiary/aromatic N) is 4. The van der Waals surface area contributed by atoms with Crippen LogP contribution in [0.2, 0.25) is 0 Å². The molecule has 0 amide bonds. The number of nitrogen functional groups attached to an aromatic ring is 1. The second kappa shape index (κ2) is 5.56. The monoisotopic (exact) mass is 275 g/mol. The number of anilines is 1. The molecule has 2 aromatic rings. The summed E-state index contributed by atoms with van der Waals surface area (Å²) in [6.45, 7) is 4.32. The van der Waals surface area contributed by atoms with Crippen LogP contribution in [0.4, 0.5) is 5.69 Å². The normalized spacial score (nSPS) is 19.1. The minimum absolute atomic E-state index is 0.0305. The Hall–Kier alpha value is -1.99. The molecule has 0 bridgehead atoms. The average Bonchev–Trinajstić information content (AvgIpc) is 2.91. The molecule has 0 aliphatic carbocycles. The largest absolute Gasteiger partial charge is 0.398 e. The van der Waals surface area contributed by atoms with Gasteiger partial charge in [-0.2, -0.15) is 0 Å². The second-order valence-corrected chi connectivity index (χ2v) is 4.79. The molecule has 20 heavy (non-hydrogen) atoms. The third-order valence-corrected chi connectivity index (χ3v) is 3.36. The Morgan fingerprint density at radius 3 is 3.10 bits per heavy atom. The van der Waals surface area contributed by atoms with E-state index in [4.69, 9.17) is 15.2 Å². The predicted molar refractivity (Wildman–Crippen MR) is 73.0 cm³/mol. The van der Waals surface area contributed by atoms with E-state index in [1.54, 1.807) is 4.68 Å². The number of aromatic nitrogens is 4. The van der Waals surface area contributed by atoms with Crippen LogP contribution in [0.5, 0.6) is 0 Å². The number of para-hydroxylation sites is 1. The van der Waals surface area contributed by atoms with Crippen molar-refractivity contribution < 1.29 is 9.47 Å². The van der Waals surface area contributed by atoms with Gasteiger partial charge in [0.2, 0.25) is 0 Å².